The number of thioether (sulfide) groups is 1. The summed E-state index contributed by atoms with van der Waals surface area (Å²) in [4.78, 5) is 12.6. The van der Waals surface area contributed by atoms with Crippen molar-refractivity contribution in [2.75, 3.05) is 5.75 Å². The molecule has 1 heterocycles. The van der Waals surface area contributed by atoms with Crippen LogP contribution in [0.15, 0.2) is 49.2 Å². The Balaban J connectivity index is 1.78. The van der Waals surface area contributed by atoms with Crippen LogP contribution in [0.5, 0.6) is 0 Å². The standard InChI is InChI=1S/C14H12BrClN2O2S/c1-9-13(15)6-11(20-9)7-17-18-14(19)8-21-12-4-2-10(16)3-5-12/h2-7H,8H2,1H3,(H,18,19)/b17-7-. The second-order valence-electron chi connectivity index (χ2n) is 4.09. The highest BCUT2D eigenvalue weighted by Crippen LogP contribution is 2.20. The topological polar surface area (TPSA) is 54.6 Å². The molecule has 0 radical (unpaired) electrons. The van der Waals surface area contributed by atoms with Crippen LogP contribution in [0.4, 0.5) is 0 Å². The van der Waals surface area contributed by atoms with Crippen LogP contribution in [-0.4, -0.2) is 17.9 Å². The van der Waals surface area contributed by atoms with Crippen molar-refractivity contribution in [1.82, 2.24) is 5.43 Å². The van der Waals surface area contributed by atoms with Crippen LogP contribution >= 0.6 is 39.3 Å². The molecule has 2 rings (SSSR count). The van der Waals surface area contributed by atoms with Gasteiger partial charge in [0.05, 0.1) is 16.4 Å². The number of nitrogens with zero attached hydrogens (tertiary/aromatic N) is 1. The summed E-state index contributed by atoms with van der Waals surface area (Å²) in [6.07, 6.45) is 1.46. The molecular weight excluding hydrogens is 376 g/mol. The molecule has 7 heteroatoms. The van der Waals surface area contributed by atoms with E-state index in [0.717, 1.165) is 15.1 Å². The van der Waals surface area contributed by atoms with Crippen LogP contribution in [0, 0.1) is 6.92 Å². The maximum absolute atomic E-state index is 11.6. The lowest BCUT2D eigenvalue weighted by Crippen LogP contribution is -2.19. The van der Waals surface area contributed by atoms with E-state index in [-0.39, 0.29) is 11.7 Å². The Labute approximate surface area is 140 Å². The van der Waals surface area contributed by atoms with E-state index in [9.17, 15) is 4.79 Å². The van der Waals surface area contributed by atoms with E-state index in [1.165, 1.54) is 18.0 Å². The zero-order valence-electron chi connectivity index (χ0n) is 11.1. The monoisotopic (exact) mass is 386 g/mol. The summed E-state index contributed by atoms with van der Waals surface area (Å²) in [5.74, 6) is 1.43. The van der Waals surface area contributed by atoms with Crippen LogP contribution in [-0.2, 0) is 4.79 Å². The first kappa shape index (κ1) is 16.1. The third kappa shape index (κ3) is 5.22. The molecule has 1 aromatic heterocycles. The van der Waals surface area contributed by atoms with Gasteiger partial charge in [0.15, 0.2) is 0 Å². The Morgan fingerprint density at radius 3 is 2.81 bits per heavy atom. The lowest BCUT2D eigenvalue weighted by molar-refractivity contribution is -0.118. The molecule has 0 saturated heterocycles. The molecule has 21 heavy (non-hydrogen) atoms. The zero-order chi connectivity index (χ0) is 15.2. The highest BCUT2D eigenvalue weighted by molar-refractivity contribution is 9.10. The van der Waals surface area contributed by atoms with Gasteiger partial charge in [0.25, 0.3) is 0 Å². The summed E-state index contributed by atoms with van der Waals surface area (Å²) >= 11 is 10.5. The maximum Gasteiger partial charge on any atom is 0.250 e. The average molecular weight is 388 g/mol. The van der Waals surface area contributed by atoms with Crippen molar-refractivity contribution >= 4 is 51.4 Å². The molecule has 0 atom stereocenters. The van der Waals surface area contributed by atoms with Gasteiger partial charge in [-0.15, -0.1) is 11.8 Å². The van der Waals surface area contributed by atoms with E-state index in [2.05, 4.69) is 26.5 Å². The van der Waals surface area contributed by atoms with Gasteiger partial charge >= 0.3 is 0 Å². The first-order valence-corrected chi connectivity index (χ1v) is 8.16. The minimum Gasteiger partial charge on any atom is -0.459 e. The third-order valence-corrected chi connectivity index (χ3v) is 4.49. The molecule has 0 aliphatic carbocycles. The Morgan fingerprint density at radius 2 is 2.19 bits per heavy atom. The second kappa shape index (κ2) is 7.68. The summed E-state index contributed by atoms with van der Waals surface area (Å²) in [5, 5.41) is 4.52. The fraction of sp³-hybridized carbons (Fsp3) is 0.143. The minimum absolute atomic E-state index is 0.187. The summed E-state index contributed by atoms with van der Waals surface area (Å²) in [6, 6.07) is 9.10. The maximum atomic E-state index is 11.6. The number of hydrogen-bond acceptors (Lipinski definition) is 4. The number of halogens is 2. The molecule has 0 aliphatic heterocycles. The van der Waals surface area contributed by atoms with Crippen molar-refractivity contribution in [3.8, 4) is 0 Å². The first-order chi connectivity index (χ1) is 10.0. The number of rotatable bonds is 5. The lowest BCUT2D eigenvalue weighted by atomic mass is 10.4. The molecule has 4 nitrogen and oxygen atoms in total. The van der Waals surface area contributed by atoms with Crippen molar-refractivity contribution in [3.05, 3.63) is 51.3 Å². The number of carbonyl (C=O) groups is 1. The predicted molar refractivity (Wildman–Crippen MR) is 89.1 cm³/mol. The van der Waals surface area contributed by atoms with Crippen molar-refractivity contribution in [2.45, 2.75) is 11.8 Å². The van der Waals surface area contributed by atoms with E-state index in [0.29, 0.717) is 10.8 Å². The zero-order valence-corrected chi connectivity index (χ0v) is 14.3. The molecule has 0 spiro atoms. The Bertz CT molecular complexity index is 636. The van der Waals surface area contributed by atoms with Crippen LogP contribution < -0.4 is 5.43 Å². The van der Waals surface area contributed by atoms with Gasteiger partial charge in [-0.3, -0.25) is 4.79 Å². The van der Waals surface area contributed by atoms with Crippen molar-refractivity contribution < 1.29 is 9.21 Å². The van der Waals surface area contributed by atoms with E-state index in [1.807, 2.05) is 19.1 Å². The first-order valence-electron chi connectivity index (χ1n) is 6.01. The molecule has 0 bridgehead atoms. The fourth-order valence-corrected chi connectivity index (χ4v) is 2.55. The van der Waals surface area contributed by atoms with Crippen LogP contribution in [0.25, 0.3) is 0 Å². The van der Waals surface area contributed by atoms with Crippen LogP contribution in [0.3, 0.4) is 0 Å². The van der Waals surface area contributed by atoms with E-state index in [1.54, 1.807) is 18.2 Å². The second-order valence-corrected chi connectivity index (χ2v) is 6.43. The minimum atomic E-state index is -0.187. The Kier molecular flexibility index (Phi) is 5.90. The molecule has 0 saturated carbocycles. The summed E-state index contributed by atoms with van der Waals surface area (Å²) in [6.45, 7) is 1.84. The third-order valence-electron chi connectivity index (χ3n) is 2.44. The van der Waals surface area contributed by atoms with Gasteiger partial charge in [-0.25, -0.2) is 5.43 Å². The van der Waals surface area contributed by atoms with Crippen molar-refractivity contribution in [1.29, 1.82) is 0 Å². The van der Waals surface area contributed by atoms with E-state index in [4.69, 9.17) is 16.0 Å². The largest absolute Gasteiger partial charge is 0.459 e. The number of amides is 1. The van der Waals surface area contributed by atoms with Gasteiger partial charge in [0, 0.05) is 16.0 Å². The molecule has 1 amide bonds. The quantitative estimate of drug-likeness (QED) is 0.474. The molecule has 0 unspecified atom stereocenters. The van der Waals surface area contributed by atoms with Crippen molar-refractivity contribution in [2.24, 2.45) is 5.10 Å². The molecular formula is C14H12BrClN2O2S. The van der Waals surface area contributed by atoms with Gasteiger partial charge in [-0.05, 0) is 47.1 Å². The number of furan rings is 1. The number of hydrogen-bond donors (Lipinski definition) is 1. The van der Waals surface area contributed by atoms with Gasteiger partial charge < -0.3 is 4.42 Å². The Morgan fingerprint density at radius 1 is 1.48 bits per heavy atom. The normalized spacial score (nSPS) is 11.0. The highest BCUT2D eigenvalue weighted by Gasteiger charge is 2.03. The van der Waals surface area contributed by atoms with Gasteiger partial charge in [-0.1, -0.05) is 11.6 Å². The number of aryl methyl sites for hydroxylation is 1. The van der Waals surface area contributed by atoms with E-state index < -0.39 is 0 Å². The Hall–Kier alpha value is -1.24. The summed E-state index contributed by atoms with van der Waals surface area (Å²) < 4.78 is 6.24. The molecule has 110 valence electrons. The fourth-order valence-electron chi connectivity index (χ4n) is 1.43. The molecule has 2 aromatic rings. The molecule has 0 aliphatic rings. The van der Waals surface area contributed by atoms with Gasteiger partial charge in [0.2, 0.25) is 5.91 Å². The SMILES string of the molecule is Cc1oc(/C=N\NC(=O)CSc2ccc(Cl)cc2)cc1Br. The number of benzene rings is 1. The highest BCUT2D eigenvalue weighted by atomic mass is 79.9. The summed E-state index contributed by atoms with van der Waals surface area (Å²) in [5.41, 5.74) is 2.45. The van der Waals surface area contributed by atoms with Gasteiger partial charge in [0.1, 0.15) is 11.5 Å². The van der Waals surface area contributed by atoms with Crippen LogP contribution in [0.2, 0.25) is 5.02 Å². The predicted octanol–water partition coefficient (Wildman–Crippen LogP) is 4.25. The summed E-state index contributed by atoms with van der Waals surface area (Å²) in [7, 11) is 0. The smallest absolute Gasteiger partial charge is 0.250 e. The number of hydrazone groups is 1. The molecule has 1 aromatic carbocycles. The number of carbonyl (C=O) groups excluding carboxylic acids is 1. The van der Waals surface area contributed by atoms with Crippen molar-refractivity contribution in [3.63, 3.8) is 0 Å². The lowest BCUT2D eigenvalue weighted by Gasteiger charge is -2.00. The van der Waals surface area contributed by atoms with E-state index >= 15 is 0 Å². The number of nitrogens with one attached hydrogen (secondary N) is 1. The van der Waals surface area contributed by atoms with Gasteiger partial charge in [-0.2, -0.15) is 5.10 Å². The molecule has 0 fully saturated rings. The average Bonchev–Trinajstić information content (AvgIpc) is 2.77. The molecule has 1 N–H and O–H groups in total. The van der Waals surface area contributed by atoms with Crippen LogP contribution in [0.1, 0.15) is 11.5 Å².